The van der Waals surface area contributed by atoms with Gasteiger partial charge in [0.05, 0.1) is 13.2 Å². The highest BCUT2D eigenvalue weighted by Crippen LogP contribution is 2.25. The van der Waals surface area contributed by atoms with E-state index in [2.05, 4.69) is 10.2 Å². The van der Waals surface area contributed by atoms with Crippen LogP contribution < -0.4 is 10.2 Å². The molecule has 1 aromatic carbocycles. The van der Waals surface area contributed by atoms with E-state index in [0.29, 0.717) is 22.3 Å². The molecular formula is C17H23Cl2N3O3. The quantitative estimate of drug-likeness (QED) is 0.778. The molecule has 0 aliphatic carbocycles. The summed E-state index contributed by atoms with van der Waals surface area (Å²) >= 11 is 12.0. The topological polar surface area (TPSA) is 61.9 Å². The average Bonchev–Trinajstić information content (AvgIpc) is 2.55. The number of rotatable bonds is 7. The molecule has 0 unspecified atom stereocenters. The van der Waals surface area contributed by atoms with Crippen molar-refractivity contribution in [2.75, 3.05) is 50.8 Å². The molecule has 0 radical (unpaired) electrons. The van der Waals surface area contributed by atoms with E-state index in [9.17, 15) is 9.59 Å². The summed E-state index contributed by atoms with van der Waals surface area (Å²) in [4.78, 5) is 27.7. The fourth-order valence-corrected chi connectivity index (χ4v) is 3.16. The number of halogens is 2. The lowest BCUT2D eigenvalue weighted by Crippen LogP contribution is -2.42. The van der Waals surface area contributed by atoms with Gasteiger partial charge in [-0.25, -0.2) is 0 Å². The van der Waals surface area contributed by atoms with Crippen LogP contribution in [0.25, 0.3) is 0 Å². The predicted molar refractivity (Wildman–Crippen MR) is 99.4 cm³/mol. The Balaban J connectivity index is 1.79. The number of anilines is 1. The van der Waals surface area contributed by atoms with E-state index < -0.39 is 0 Å². The Labute approximate surface area is 158 Å². The van der Waals surface area contributed by atoms with Gasteiger partial charge in [0.25, 0.3) is 0 Å². The summed E-state index contributed by atoms with van der Waals surface area (Å²) < 4.78 is 5.29. The molecule has 1 saturated heterocycles. The number of hydrogen-bond acceptors (Lipinski definition) is 4. The van der Waals surface area contributed by atoms with Crippen LogP contribution in [0.3, 0.4) is 0 Å². The number of carbonyl (C=O) groups excluding carboxylic acids is 2. The normalized spacial score (nSPS) is 15.0. The van der Waals surface area contributed by atoms with Gasteiger partial charge in [-0.1, -0.05) is 23.2 Å². The van der Waals surface area contributed by atoms with Crippen molar-refractivity contribution in [3.8, 4) is 0 Å². The second kappa shape index (κ2) is 9.97. The molecule has 1 aromatic rings. The predicted octanol–water partition coefficient (Wildman–Crippen LogP) is 2.18. The number of benzene rings is 1. The lowest BCUT2D eigenvalue weighted by Gasteiger charge is -2.26. The van der Waals surface area contributed by atoms with Crippen molar-refractivity contribution in [3.63, 3.8) is 0 Å². The third-order valence-electron chi connectivity index (χ3n) is 3.96. The third kappa shape index (κ3) is 6.82. The van der Waals surface area contributed by atoms with E-state index in [0.717, 1.165) is 32.8 Å². The summed E-state index contributed by atoms with van der Waals surface area (Å²) in [6, 6.07) is 4.92. The highest BCUT2D eigenvalue weighted by Gasteiger charge is 2.15. The Kier molecular flexibility index (Phi) is 7.96. The van der Waals surface area contributed by atoms with E-state index >= 15 is 0 Å². The van der Waals surface area contributed by atoms with Gasteiger partial charge in [-0.15, -0.1) is 0 Å². The van der Waals surface area contributed by atoms with Crippen LogP contribution in [0.2, 0.25) is 10.0 Å². The van der Waals surface area contributed by atoms with Crippen molar-refractivity contribution < 1.29 is 14.3 Å². The Morgan fingerprint density at radius 2 is 1.84 bits per heavy atom. The standard InChI is InChI=1S/C17H23Cl2N3O3/c1-13(23)22(16-11-14(18)10-15(19)12-16)4-2-17(24)20-3-5-21-6-8-25-9-7-21/h10-12H,2-9H2,1H3,(H,20,24). The number of nitrogens with zero attached hydrogens (tertiary/aromatic N) is 2. The highest BCUT2D eigenvalue weighted by atomic mass is 35.5. The molecule has 8 heteroatoms. The maximum Gasteiger partial charge on any atom is 0.223 e. The molecule has 2 rings (SSSR count). The Bertz CT molecular complexity index is 587. The van der Waals surface area contributed by atoms with Crippen LogP contribution in [0, 0.1) is 0 Å². The zero-order valence-corrected chi connectivity index (χ0v) is 15.8. The first-order chi connectivity index (χ1) is 12.0. The zero-order valence-electron chi connectivity index (χ0n) is 14.3. The van der Waals surface area contributed by atoms with Crippen molar-refractivity contribution in [3.05, 3.63) is 28.2 Å². The summed E-state index contributed by atoms with van der Waals surface area (Å²) in [5.74, 6) is -0.257. The first-order valence-electron chi connectivity index (χ1n) is 8.26. The highest BCUT2D eigenvalue weighted by molar-refractivity contribution is 6.35. The fourth-order valence-electron chi connectivity index (χ4n) is 2.64. The summed E-state index contributed by atoms with van der Waals surface area (Å²) in [5.41, 5.74) is 0.589. The van der Waals surface area contributed by atoms with Crippen LogP contribution in [0.5, 0.6) is 0 Å². The van der Waals surface area contributed by atoms with Crippen LogP contribution in [0.4, 0.5) is 5.69 Å². The fraction of sp³-hybridized carbons (Fsp3) is 0.529. The smallest absolute Gasteiger partial charge is 0.223 e. The minimum atomic E-state index is -0.167. The summed E-state index contributed by atoms with van der Waals surface area (Å²) in [6.45, 7) is 6.37. The SMILES string of the molecule is CC(=O)N(CCC(=O)NCCN1CCOCC1)c1cc(Cl)cc(Cl)c1. The maximum absolute atomic E-state index is 12.0. The van der Waals surface area contributed by atoms with E-state index in [1.165, 1.54) is 11.8 Å². The summed E-state index contributed by atoms with van der Waals surface area (Å²) in [7, 11) is 0. The number of carbonyl (C=O) groups is 2. The van der Waals surface area contributed by atoms with Crippen LogP contribution in [0.15, 0.2) is 18.2 Å². The lowest BCUT2D eigenvalue weighted by atomic mass is 10.2. The third-order valence-corrected chi connectivity index (χ3v) is 4.39. The van der Waals surface area contributed by atoms with Crippen LogP contribution in [0.1, 0.15) is 13.3 Å². The number of morpholine rings is 1. The molecule has 1 aliphatic heterocycles. The summed E-state index contributed by atoms with van der Waals surface area (Å²) in [5, 5.41) is 3.78. The van der Waals surface area contributed by atoms with E-state index in [1.807, 2.05) is 0 Å². The van der Waals surface area contributed by atoms with Crippen molar-refractivity contribution in [2.45, 2.75) is 13.3 Å². The second-order valence-corrected chi connectivity index (χ2v) is 6.73. The molecule has 138 valence electrons. The van der Waals surface area contributed by atoms with Gasteiger partial charge >= 0.3 is 0 Å². The second-order valence-electron chi connectivity index (χ2n) is 5.85. The number of ether oxygens (including phenoxy) is 1. The molecule has 1 N–H and O–H groups in total. The van der Waals surface area contributed by atoms with Crippen LogP contribution in [-0.4, -0.2) is 62.7 Å². The zero-order chi connectivity index (χ0) is 18.2. The molecule has 2 amide bonds. The van der Waals surface area contributed by atoms with Crippen molar-refractivity contribution in [2.24, 2.45) is 0 Å². The Hall–Kier alpha value is -1.34. The molecule has 0 spiro atoms. The first kappa shape index (κ1) is 20.0. The maximum atomic E-state index is 12.0. The molecular weight excluding hydrogens is 365 g/mol. The van der Waals surface area contributed by atoms with E-state index in [-0.39, 0.29) is 24.8 Å². The monoisotopic (exact) mass is 387 g/mol. The van der Waals surface area contributed by atoms with Gasteiger partial charge in [0.2, 0.25) is 11.8 Å². The molecule has 25 heavy (non-hydrogen) atoms. The molecule has 0 bridgehead atoms. The Morgan fingerprint density at radius 3 is 2.44 bits per heavy atom. The minimum absolute atomic E-state index is 0.0902. The average molecular weight is 388 g/mol. The molecule has 0 aromatic heterocycles. The molecule has 0 atom stereocenters. The van der Waals surface area contributed by atoms with Crippen molar-refractivity contribution in [1.82, 2.24) is 10.2 Å². The van der Waals surface area contributed by atoms with E-state index in [4.69, 9.17) is 27.9 Å². The van der Waals surface area contributed by atoms with Gasteiger partial charge < -0.3 is 15.0 Å². The van der Waals surface area contributed by atoms with Gasteiger partial charge in [-0.2, -0.15) is 0 Å². The van der Waals surface area contributed by atoms with Crippen LogP contribution in [-0.2, 0) is 14.3 Å². The summed E-state index contributed by atoms with van der Waals surface area (Å²) in [6.07, 6.45) is 0.215. The van der Waals surface area contributed by atoms with Gasteiger partial charge in [0, 0.05) is 61.8 Å². The van der Waals surface area contributed by atoms with Gasteiger partial charge in [-0.3, -0.25) is 14.5 Å². The molecule has 1 heterocycles. The Morgan fingerprint density at radius 1 is 1.20 bits per heavy atom. The number of amides is 2. The number of nitrogens with one attached hydrogen (secondary N) is 1. The molecule has 1 aliphatic rings. The lowest BCUT2D eigenvalue weighted by molar-refractivity contribution is -0.121. The van der Waals surface area contributed by atoms with Gasteiger partial charge in [0.1, 0.15) is 0 Å². The van der Waals surface area contributed by atoms with E-state index in [1.54, 1.807) is 18.2 Å². The van der Waals surface area contributed by atoms with Gasteiger partial charge in [0.15, 0.2) is 0 Å². The van der Waals surface area contributed by atoms with Crippen LogP contribution >= 0.6 is 23.2 Å². The van der Waals surface area contributed by atoms with Crippen molar-refractivity contribution >= 4 is 40.7 Å². The largest absolute Gasteiger partial charge is 0.379 e. The minimum Gasteiger partial charge on any atom is -0.379 e. The molecule has 0 saturated carbocycles. The molecule has 1 fully saturated rings. The molecule has 6 nitrogen and oxygen atoms in total. The number of hydrogen-bond donors (Lipinski definition) is 1. The van der Waals surface area contributed by atoms with Gasteiger partial charge in [-0.05, 0) is 18.2 Å². The first-order valence-corrected chi connectivity index (χ1v) is 9.02. The van der Waals surface area contributed by atoms with Crippen molar-refractivity contribution in [1.29, 1.82) is 0 Å².